The first-order valence-corrected chi connectivity index (χ1v) is 14.8. The van der Waals surface area contributed by atoms with Crippen LogP contribution in [0.25, 0.3) is 32.0 Å². The highest BCUT2D eigenvalue weighted by Gasteiger charge is 2.21. The first kappa shape index (κ1) is 25.6. The number of hydrogen-bond donors (Lipinski definition) is 2. The van der Waals surface area contributed by atoms with Crippen LogP contribution >= 0.6 is 22.7 Å². The molecule has 0 saturated heterocycles. The highest BCUT2D eigenvalue weighted by molar-refractivity contribution is 7.87. The van der Waals surface area contributed by atoms with Crippen LogP contribution in [0.5, 0.6) is 0 Å². The lowest BCUT2D eigenvalue weighted by Crippen LogP contribution is -2.01. The highest BCUT2D eigenvalue weighted by atomic mass is 32.2. The van der Waals surface area contributed by atoms with E-state index in [0.29, 0.717) is 41.3 Å². The van der Waals surface area contributed by atoms with Gasteiger partial charge in [0.25, 0.3) is 0 Å². The molecule has 0 bridgehead atoms. The number of unbranched alkanes of at least 4 members (excludes halogenated alkanes) is 1. The molecular formula is C26H29N3O3S3. The first-order chi connectivity index (χ1) is 17.0. The molecule has 0 saturated carbocycles. The van der Waals surface area contributed by atoms with Crippen LogP contribution in [0.4, 0.5) is 5.69 Å². The predicted octanol–water partition coefficient (Wildman–Crippen LogP) is 5.85. The molecule has 3 N–H and O–H groups in total. The maximum absolute atomic E-state index is 13.0. The van der Waals surface area contributed by atoms with E-state index in [1.807, 2.05) is 35.7 Å². The number of pyridine rings is 1. The Kier molecular flexibility index (Phi) is 8.78. The topological polar surface area (TPSA) is 106 Å². The fraction of sp³-hybridized carbons (Fsp3) is 0.346. The van der Waals surface area contributed by atoms with E-state index in [4.69, 9.17) is 15.8 Å². The molecule has 1 atom stereocenters. The molecule has 0 radical (unpaired) electrons. The van der Waals surface area contributed by atoms with Crippen molar-refractivity contribution in [1.29, 1.82) is 0 Å². The van der Waals surface area contributed by atoms with Crippen LogP contribution in [-0.2, 0) is 22.0 Å². The minimum atomic E-state index is -1.16. The minimum absolute atomic E-state index is 0.0451. The standard InChI is InChI=1S/C26H29N3O3S3/c1-2-3-15-35(32)26-23(27)22-20(16-21(29-25(22)34-26)24-28-12-14-33-24)18-9-6-17(7-10-18)8-11-19(31)5-4-13-30/h6-7,9-10,12,14,16,30H,2-5,8,11,13,15,27H2,1H3. The number of benzene rings is 1. The van der Waals surface area contributed by atoms with E-state index in [9.17, 15) is 9.00 Å². The van der Waals surface area contributed by atoms with E-state index in [-0.39, 0.29) is 12.4 Å². The molecular weight excluding hydrogens is 499 g/mol. The normalized spacial score (nSPS) is 12.3. The first-order valence-electron chi connectivity index (χ1n) is 11.7. The second kappa shape index (κ2) is 12.0. The maximum Gasteiger partial charge on any atom is 0.141 e. The number of nitrogen functional groups attached to an aromatic ring is 1. The summed E-state index contributed by atoms with van der Waals surface area (Å²) in [6.45, 7) is 2.13. The van der Waals surface area contributed by atoms with Gasteiger partial charge in [-0.15, -0.1) is 22.7 Å². The summed E-state index contributed by atoms with van der Waals surface area (Å²) in [4.78, 5) is 22.0. The van der Waals surface area contributed by atoms with Crippen molar-refractivity contribution >= 4 is 55.2 Å². The number of anilines is 1. The summed E-state index contributed by atoms with van der Waals surface area (Å²) in [6.07, 6.45) is 5.70. The third kappa shape index (κ3) is 6.03. The average Bonchev–Trinajstić information content (AvgIpc) is 3.53. The molecule has 0 aliphatic rings. The van der Waals surface area contributed by atoms with Crippen molar-refractivity contribution in [3.8, 4) is 21.8 Å². The van der Waals surface area contributed by atoms with Gasteiger partial charge in [-0.3, -0.25) is 9.00 Å². The van der Waals surface area contributed by atoms with Gasteiger partial charge in [0.05, 0.1) is 16.5 Å². The van der Waals surface area contributed by atoms with Crippen molar-refractivity contribution in [1.82, 2.24) is 9.97 Å². The lowest BCUT2D eigenvalue weighted by molar-refractivity contribution is -0.119. The van der Waals surface area contributed by atoms with Crippen LogP contribution in [0, 0.1) is 0 Å². The van der Waals surface area contributed by atoms with Gasteiger partial charge < -0.3 is 10.8 Å². The van der Waals surface area contributed by atoms with Gasteiger partial charge in [-0.1, -0.05) is 37.6 Å². The Morgan fingerprint density at radius 2 is 1.97 bits per heavy atom. The summed E-state index contributed by atoms with van der Waals surface area (Å²) in [5, 5.41) is 12.5. The van der Waals surface area contributed by atoms with Crippen molar-refractivity contribution in [2.24, 2.45) is 0 Å². The molecule has 0 aliphatic carbocycles. The van der Waals surface area contributed by atoms with E-state index in [1.54, 1.807) is 6.20 Å². The Bertz CT molecular complexity index is 1320. The third-order valence-corrected chi connectivity index (χ3v) is 9.57. The Morgan fingerprint density at radius 1 is 1.17 bits per heavy atom. The number of thiophene rings is 1. The molecule has 4 aromatic rings. The van der Waals surface area contributed by atoms with E-state index in [1.165, 1.54) is 22.7 Å². The second-order valence-corrected chi connectivity index (χ2v) is 12.0. The van der Waals surface area contributed by atoms with Crippen LogP contribution in [0.1, 0.15) is 44.6 Å². The molecule has 3 heterocycles. The zero-order chi connectivity index (χ0) is 24.8. The lowest BCUT2D eigenvalue weighted by atomic mass is 9.98. The van der Waals surface area contributed by atoms with Gasteiger partial charge in [0.15, 0.2) is 0 Å². The number of aryl methyl sites for hydroxylation is 1. The predicted molar refractivity (Wildman–Crippen MR) is 146 cm³/mol. The van der Waals surface area contributed by atoms with Crippen LogP contribution in [0.15, 0.2) is 46.1 Å². The fourth-order valence-corrected chi connectivity index (χ4v) is 7.25. The number of aliphatic hydroxyl groups excluding tert-OH is 1. The summed E-state index contributed by atoms with van der Waals surface area (Å²) < 4.78 is 13.6. The van der Waals surface area contributed by atoms with Crippen molar-refractivity contribution < 1.29 is 14.1 Å². The summed E-state index contributed by atoms with van der Waals surface area (Å²) >= 11 is 2.94. The zero-order valence-corrected chi connectivity index (χ0v) is 22.1. The quantitative estimate of drug-likeness (QED) is 0.239. The largest absolute Gasteiger partial charge is 0.396 e. The Hall–Kier alpha value is -2.46. The van der Waals surface area contributed by atoms with Crippen molar-refractivity contribution in [3.63, 3.8) is 0 Å². The molecule has 1 aromatic carbocycles. The van der Waals surface area contributed by atoms with E-state index in [2.05, 4.69) is 11.9 Å². The molecule has 0 spiro atoms. The monoisotopic (exact) mass is 527 g/mol. The molecule has 4 rings (SSSR count). The molecule has 3 aromatic heterocycles. The van der Waals surface area contributed by atoms with Crippen molar-refractivity contribution in [2.45, 2.75) is 49.7 Å². The van der Waals surface area contributed by atoms with Crippen molar-refractivity contribution in [3.05, 3.63) is 47.5 Å². The lowest BCUT2D eigenvalue weighted by Gasteiger charge is -2.09. The average molecular weight is 528 g/mol. The van der Waals surface area contributed by atoms with Gasteiger partial charge in [0, 0.05) is 42.2 Å². The summed E-state index contributed by atoms with van der Waals surface area (Å²) in [5.74, 6) is 0.759. The molecule has 6 nitrogen and oxygen atoms in total. The second-order valence-electron chi connectivity index (χ2n) is 8.34. The number of aliphatic hydroxyl groups is 1. The van der Waals surface area contributed by atoms with Gasteiger partial charge in [-0.05, 0) is 42.0 Å². The minimum Gasteiger partial charge on any atom is -0.396 e. The van der Waals surface area contributed by atoms with Gasteiger partial charge >= 0.3 is 0 Å². The molecule has 184 valence electrons. The summed E-state index contributed by atoms with van der Waals surface area (Å²) in [5.41, 5.74) is 10.9. The number of thiazole rings is 1. The number of carbonyl (C=O) groups excluding carboxylic acids is 1. The highest BCUT2D eigenvalue weighted by Crippen LogP contribution is 2.43. The molecule has 0 aliphatic heterocycles. The number of Topliss-reactive ketones (excluding diaryl/α,β-unsaturated/α-hetero) is 1. The number of rotatable bonds is 12. The van der Waals surface area contributed by atoms with E-state index < -0.39 is 10.8 Å². The number of carbonyl (C=O) groups is 1. The molecule has 0 fully saturated rings. The molecule has 35 heavy (non-hydrogen) atoms. The Morgan fingerprint density at radius 3 is 2.66 bits per heavy atom. The fourth-order valence-electron chi connectivity index (χ4n) is 3.86. The Balaban J connectivity index is 1.70. The molecule has 1 unspecified atom stereocenters. The van der Waals surface area contributed by atoms with E-state index in [0.717, 1.165) is 50.5 Å². The van der Waals surface area contributed by atoms with E-state index >= 15 is 0 Å². The van der Waals surface area contributed by atoms with Crippen LogP contribution < -0.4 is 5.73 Å². The molecule has 0 amide bonds. The van der Waals surface area contributed by atoms with Crippen LogP contribution in [-0.4, -0.2) is 37.4 Å². The number of aromatic nitrogens is 2. The number of fused-ring (bicyclic) bond motifs is 1. The van der Waals surface area contributed by atoms with Gasteiger partial charge in [-0.25, -0.2) is 9.97 Å². The van der Waals surface area contributed by atoms with Crippen LogP contribution in [0.2, 0.25) is 0 Å². The SMILES string of the molecule is CCCCS(=O)c1sc2nc(-c3nccs3)cc(-c3ccc(CCC(=O)CCCO)cc3)c2c1N. The smallest absolute Gasteiger partial charge is 0.141 e. The maximum atomic E-state index is 13.0. The Labute approximate surface area is 215 Å². The molecule has 9 heteroatoms. The van der Waals surface area contributed by atoms with Gasteiger partial charge in [0.2, 0.25) is 0 Å². The van der Waals surface area contributed by atoms with Crippen LogP contribution in [0.3, 0.4) is 0 Å². The van der Waals surface area contributed by atoms with Gasteiger partial charge in [0.1, 0.15) is 25.5 Å². The summed E-state index contributed by atoms with van der Waals surface area (Å²) in [6, 6.07) is 10.2. The van der Waals surface area contributed by atoms with Gasteiger partial charge in [-0.2, -0.15) is 0 Å². The number of nitrogens with zero attached hydrogens (tertiary/aromatic N) is 2. The number of hydrogen-bond acceptors (Lipinski definition) is 8. The number of nitrogens with two attached hydrogens (primary N) is 1. The zero-order valence-electron chi connectivity index (χ0n) is 19.7. The summed E-state index contributed by atoms with van der Waals surface area (Å²) in [7, 11) is -1.16. The third-order valence-electron chi connectivity index (χ3n) is 5.78. The van der Waals surface area contributed by atoms with Crippen molar-refractivity contribution in [2.75, 3.05) is 18.1 Å². The number of ketones is 1.